The highest BCUT2D eigenvalue weighted by Gasteiger charge is 2.26. The van der Waals surface area contributed by atoms with Gasteiger partial charge in [-0.25, -0.2) is 15.0 Å². The Morgan fingerprint density at radius 1 is 1.50 bits per heavy atom. The molecule has 82 valence electrons. The van der Waals surface area contributed by atoms with E-state index in [1.165, 1.54) is 6.33 Å². The molecule has 0 aromatic carbocycles. The Balaban J connectivity index is 1.92. The number of amides is 1. The zero-order chi connectivity index (χ0) is 11.1. The molecule has 1 atom stereocenters. The van der Waals surface area contributed by atoms with Crippen LogP contribution in [0.1, 0.15) is 6.42 Å². The van der Waals surface area contributed by atoms with E-state index in [-0.39, 0.29) is 11.9 Å². The number of rotatable bonds is 2. The van der Waals surface area contributed by atoms with Crippen LogP contribution in [-0.2, 0) is 11.3 Å². The van der Waals surface area contributed by atoms with Crippen molar-refractivity contribution in [1.82, 2.24) is 24.8 Å². The normalized spacial score (nSPS) is 19.5. The summed E-state index contributed by atoms with van der Waals surface area (Å²) in [5, 5.41) is 2.80. The Hall–Kier alpha value is -2.18. The molecule has 16 heavy (non-hydrogen) atoms. The molecule has 0 spiro atoms. The maximum absolute atomic E-state index is 10.8. The summed E-state index contributed by atoms with van der Waals surface area (Å²) < 4.78 is 1.87. The molecule has 1 fully saturated rings. The number of nitrogen functional groups attached to an aromatic ring is 1. The van der Waals surface area contributed by atoms with Crippen molar-refractivity contribution in [2.75, 3.05) is 5.73 Å². The Labute approximate surface area is 90.7 Å². The third kappa shape index (κ3) is 1.28. The van der Waals surface area contributed by atoms with Gasteiger partial charge in [0.15, 0.2) is 11.5 Å². The van der Waals surface area contributed by atoms with Crippen LogP contribution in [0.3, 0.4) is 0 Å². The minimum Gasteiger partial charge on any atom is -0.382 e. The first-order chi connectivity index (χ1) is 7.74. The van der Waals surface area contributed by atoms with Crippen molar-refractivity contribution in [2.24, 2.45) is 0 Å². The number of nitrogens with zero attached hydrogens (tertiary/aromatic N) is 4. The van der Waals surface area contributed by atoms with Gasteiger partial charge in [0.1, 0.15) is 11.8 Å². The average Bonchev–Trinajstić information content (AvgIpc) is 2.61. The lowest BCUT2D eigenvalue weighted by molar-refractivity contribution is -0.128. The Kier molecular flexibility index (Phi) is 1.79. The highest BCUT2D eigenvalue weighted by Crippen LogP contribution is 2.16. The molecule has 1 aliphatic heterocycles. The largest absolute Gasteiger partial charge is 0.382 e. The van der Waals surface area contributed by atoms with Gasteiger partial charge < -0.3 is 15.6 Å². The van der Waals surface area contributed by atoms with Crippen LogP contribution in [-0.4, -0.2) is 31.5 Å². The number of fused-ring (bicyclic) bond motifs is 1. The van der Waals surface area contributed by atoms with Crippen molar-refractivity contribution >= 4 is 22.9 Å². The first-order valence-electron chi connectivity index (χ1n) is 4.94. The van der Waals surface area contributed by atoms with Crippen molar-refractivity contribution in [1.29, 1.82) is 0 Å². The molecule has 1 saturated heterocycles. The van der Waals surface area contributed by atoms with Crippen LogP contribution in [0.4, 0.5) is 5.82 Å². The number of nitrogens with one attached hydrogen (secondary N) is 1. The summed E-state index contributed by atoms with van der Waals surface area (Å²) in [6, 6.07) is 0.168. The molecule has 1 aliphatic rings. The third-order valence-corrected chi connectivity index (χ3v) is 2.64. The molecule has 7 nitrogen and oxygen atoms in total. The fourth-order valence-corrected chi connectivity index (χ4v) is 1.81. The summed E-state index contributed by atoms with van der Waals surface area (Å²) in [7, 11) is 0. The molecule has 0 radical (unpaired) electrons. The van der Waals surface area contributed by atoms with Crippen molar-refractivity contribution in [3.63, 3.8) is 0 Å². The topological polar surface area (TPSA) is 98.7 Å². The van der Waals surface area contributed by atoms with Crippen molar-refractivity contribution < 1.29 is 4.79 Å². The highest BCUT2D eigenvalue weighted by atomic mass is 16.2. The van der Waals surface area contributed by atoms with Gasteiger partial charge in [-0.05, 0) is 0 Å². The third-order valence-electron chi connectivity index (χ3n) is 2.64. The average molecular weight is 218 g/mol. The number of anilines is 1. The molecule has 3 rings (SSSR count). The number of carbonyl (C=O) groups is 1. The van der Waals surface area contributed by atoms with Gasteiger partial charge in [-0.1, -0.05) is 0 Å². The zero-order valence-corrected chi connectivity index (χ0v) is 8.42. The SMILES string of the molecule is Nc1ncnc2c1ncn2C[C@@H]1CC(=O)N1. The molecule has 1 amide bonds. The Morgan fingerprint density at radius 2 is 2.31 bits per heavy atom. The Morgan fingerprint density at radius 3 is 3.06 bits per heavy atom. The van der Waals surface area contributed by atoms with Crippen molar-refractivity contribution in [2.45, 2.75) is 19.0 Å². The van der Waals surface area contributed by atoms with Crippen LogP contribution in [0.15, 0.2) is 12.7 Å². The van der Waals surface area contributed by atoms with E-state index in [1.807, 2.05) is 4.57 Å². The number of hydrogen-bond donors (Lipinski definition) is 2. The molecular formula is C9H10N6O. The number of β-lactam (4-membered cyclic amide) rings is 1. The predicted molar refractivity (Wildman–Crippen MR) is 56.3 cm³/mol. The van der Waals surface area contributed by atoms with Crippen LogP contribution in [0.5, 0.6) is 0 Å². The summed E-state index contributed by atoms with van der Waals surface area (Å²) in [4.78, 5) is 22.9. The number of aromatic nitrogens is 4. The van der Waals surface area contributed by atoms with Gasteiger partial charge in [-0.2, -0.15) is 0 Å². The smallest absolute Gasteiger partial charge is 0.222 e. The van der Waals surface area contributed by atoms with Gasteiger partial charge >= 0.3 is 0 Å². The van der Waals surface area contributed by atoms with E-state index in [0.717, 1.165) is 0 Å². The van der Waals surface area contributed by atoms with E-state index in [9.17, 15) is 4.79 Å². The maximum atomic E-state index is 10.8. The van der Waals surface area contributed by atoms with Crippen LogP contribution in [0.2, 0.25) is 0 Å². The molecule has 3 N–H and O–H groups in total. The van der Waals surface area contributed by atoms with Crippen LogP contribution in [0.25, 0.3) is 11.2 Å². The molecular weight excluding hydrogens is 208 g/mol. The van der Waals surface area contributed by atoms with E-state index in [2.05, 4.69) is 20.3 Å². The monoisotopic (exact) mass is 218 g/mol. The van der Waals surface area contributed by atoms with Gasteiger partial charge in [-0.3, -0.25) is 4.79 Å². The van der Waals surface area contributed by atoms with Gasteiger partial charge in [0.05, 0.1) is 12.4 Å². The lowest BCUT2D eigenvalue weighted by Crippen LogP contribution is -2.50. The minimum absolute atomic E-state index is 0.0866. The maximum Gasteiger partial charge on any atom is 0.222 e. The lowest BCUT2D eigenvalue weighted by Gasteiger charge is -2.26. The second kappa shape index (κ2) is 3.16. The summed E-state index contributed by atoms with van der Waals surface area (Å²) in [5.41, 5.74) is 6.98. The van der Waals surface area contributed by atoms with E-state index < -0.39 is 0 Å². The summed E-state index contributed by atoms with van der Waals surface area (Å²) in [6.07, 6.45) is 3.63. The number of carbonyl (C=O) groups excluding carboxylic acids is 1. The standard InChI is InChI=1S/C9H10N6O/c10-8-7-9(12-3-11-8)15(4-13-7)2-5-1-6(16)14-5/h3-5H,1-2H2,(H,14,16)(H2,10,11,12)/t5-/m0/s1. The van der Waals surface area contributed by atoms with Crippen LogP contribution < -0.4 is 11.1 Å². The quantitative estimate of drug-likeness (QED) is 0.649. The lowest BCUT2D eigenvalue weighted by atomic mass is 10.1. The number of hydrogen-bond acceptors (Lipinski definition) is 5. The molecule has 0 unspecified atom stereocenters. The number of imidazole rings is 1. The van der Waals surface area contributed by atoms with E-state index >= 15 is 0 Å². The molecule has 0 aliphatic carbocycles. The van der Waals surface area contributed by atoms with Crippen LogP contribution >= 0.6 is 0 Å². The molecule has 2 aromatic heterocycles. The number of nitrogens with two attached hydrogens (primary N) is 1. The molecule has 0 saturated carbocycles. The Bertz CT molecular complexity index is 554. The zero-order valence-electron chi connectivity index (χ0n) is 8.42. The summed E-state index contributed by atoms with van der Waals surface area (Å²) >= 11 is 0. The van der Waals surface area contributed by atoms with Gasteiger partial charge in [0.2, 0.25) is 5.91 Å². The van der Waals surface area contributed by atoms with Crippen molar-refractivity contribution in [3.8, 4) is 0 Å². The van der Waals surface area contributed by atoms with Crippen molar-refractivity contribution in [3.05, 3.63) is 12.7 Å². The van der Waals surface area contributed by atoms with E-state index in [0.29, 0.717) is 29.9 Å². The molecule has 2 aromatic rings. The van der Waals surface area contributed by atoms with E-state index in [4.69, 9.17) is 5.73 Å². The minimum atomic E-state index is 0.0866. The first kappa shape index (κ1) is 9.08. The summed E-state index contributed by atoms with van der Waals surface area (Å²) in [5.74, 6) is 0.463. The van der Waals surface area contributed by atoms with Gasteiger partial charge in [0.25, 0.3) is 0 Å². The highest BCUT2D eigenvalue weighted by molar-refractivity contribution is 5.83. The molecule has 0 bridgehead atoms. The van der Waals surface area contributed by atoms with Gasteiger partial charge in [0, 0.05) is 13.0 Å². The molecule has 3 heterocycles. The van der Waals surface area contributed by atoms with E-state index in [1.54, 1.807) is 6.33 Å². The van der Waals surface area contributed by atoms with Gasteiger partial charge in [-0.15, -0.1) is 0 Å². The molecule has 7 heteroatoms. The predicted octanol–water partition coefficient (Wildman–Crippen LogP) is -0.703. The first-order valence-corrected chi connectivity index (χ1v) is 4.94. The summed E-state index contributed by atoms with van der Waals surface area (Å²) in [6.45, 7) is 0.665. The second-order valence-corrected chi connectivity index (χ2v) is 3.80. The second-order valence-electron chi connectivity index (χ2n) is 3.80. The fraction of sp³-hybridized carbons (Fsp3) is 0.333. The van der Waals surface area contributed by atoms with Crippen LogP contribution in [0, 0.1) is 0 Å². The fourth-order valence-electron chi connectivity index (χ4n) is 1.81.